The molecule has 0 spiro atoms. The average Bonchev–Trinajstić information content (AvgIpc) is 1.79. The summed E-state index contributed by atoms with van der Waals surface area (Å²) in [7, 11) is 0. The summed E-state index contributed by atoms with van der Waals surface area (Å²) >= 11 is 4.12. The predicted octanol–water partition coefficient (Wildman–Crippen LogP) is 1.05. The second kappa shape index (κ2) is 3.77. The third-order valence-corrected chi connectivity index (χ3v) is 1.68. The summed E-state index contributed by atoms with van der Waals surface area (Å²) in [6, 6.07) is 0. The molecule has 0 atom stereocenters. The van der Waals surface area contributed by atoms with Gasteiger partial charge in [-0.1, -0.05) is 0 Å². The summed E-state index contributed by atoms with van der Waals surface area (Å²) in [5.41, 5.74) is 0. The Morgan fingerprint density at radius 2 is 2.22 bits per heavy atom. The van der Waals surface area contributed by atoms with Crippen LogP contribution in [0.1, 0.15) is 19.3 Å². The monoisotopic (exact) mass is 144 g/mol. The van der Waals surface area contributed by atoms with Crippen molar-refractivity contribution >= 4 is 17.8 Å². The fourth-order valence-corrected chi connectivity index (χ4v) is 1.07. The topological polar surface area (TPSA) is 24.4 Å². The van der Waals surface area contributed by atoms with Gasteiger partial charge in [0, 0.05) is 13.1 Å². The van der Waals surface area contributed by atoms with E-state index in [1.807, 2.05) is 0 Å². The molecular weight excluding hydrogens is 132 g/mol. The number of nitrogens with one attached hydrogen (secondary N) is 1. The number of thiol groups is 1. The van der Waals surface area contributed by atoms with Gasteiger partial charge in [0.25, 0.3) is 0 Å². The third kappa shape index (κ3) is 2.75. The summed E-state index contributed by atoms with van der Waals surface area (Å²) in [4.78, 5) is 4.15. The van der Waals surface area contributed by atoms with E-state index in [0.29, 0.717) is 0 Å². The highest BCUT2D eigenvalue weighted by atomic mass is 32.1. The molecule has 0 unspecified atom stereocenters. The summed E-state index contributed by atoms with van der Waals surface area (Å²) < 4.78 is 0. The molecule has 1 heterocycles. The minimum Gasteiger partial charge on any atom is -0.365 e. The van der Waals surface area contributed by atoms with Crippen molar-refractivity contribution in [3.05, 3.63) is 0 Å². The van der Waals surface area contributed by atoms with Gasteiger partial charge in [-0.2, -0.15) is 0 Å². The van der Waals surface area contributed by atoms with Gasteiger partial charge in [-0.25, -0.2) is 0 Å². The van der Waals surface area contributed by atoms with Gasteiger partial charge in [0.05, 0.1) is 0 Å². The van der Waals surface area contributed by atoms with Crippen LogP contribution in [0.3, 0.4) is 0 Å². The number of hydrogen-bond acceptors (Lipinski definition) is 2. The first-order chi connectivity index (χ1) is 4.39. The van der Waals surface area contributed by atoms with Crippen molar-refractivity contribution in [3.8, 4) is 0 Å². The lowest BCUT2D eigenvalue weighted by Crippen LogP contribution is -2.21. The SMILES string of the molecule is S/C1=N/CCCCCN1. The van der Waals surface area contributed by atoms with Gasteiger partial charge in [-0.15, -0.1) is 12.6 Å². The van der Waals surface area contributed by atoms with Crippen molar-refractivity contribution < 1.29 is 0 Å². The lowest BCUT2D eigenvalue weighted by molar-refractivity contribution is 0.656. The Kier molecular flexibility index (Phi) is 2.91. The second-order valence-corrected chi connectivity index (χ2v) is 2.62. The summed E-state index contributed by atoms with van der Waals surface area (Å²) in [5, 5.41) is 3.90. The second-order valence-electron chi connectivity index (χ2n) is 2.19. The van der Waals surface area contributed by atoms with Crippen LogP contribution in [0.4, 0.5) is 0 Å². The number of amidine groups is 1. The molecule has 0 aliphatic carbocycles. The van der Waals surface area contributed by atoms with E-state index in [2.05, 4.69) is 22.9 Å². The van der Waals surface area contributed by atoms with E-state index in [1.165, 1.54) is 19.3 Å². The molecule has 9 heavy (non-hydrogen) atoms. The van der Waals surface area contributed by atoms with Gasteiger partial charge in [-0.3, -0.25) is 4.99 Å². The molecule has 1 N–H and O–H groups in total. The van der Waals surface area contributed by atoms with Crippen LogP contribution in [0.2, 0.25) is 0 Å². The van der Waals surface area contributed by atoms with Gasteiger partial charge in [0.1, 0.15) is 0 Å². The number of hydrogen-bond donors (Lipinski definition) is 2. The third-order valence-electron chi connectivity index (χ3n) is 1.38. The Morgan fingerprint density at radius 3 is 3.11 bits per heavy atom. The van der Waals surface area contributed by atoms with Crippen LogP contribution in [0.5, 0.6) is 0 Å². The van der Waals surface area contributed by atoms with Crippen molar-refractivity contribution in [1.82, 2.24) is 5.32 Å². The summed E-state index contributed by atoms with van der Waals surface area (Å²) in [6.45, 7) is 1.97. The Bertz CT molecular complexity index is 112. The van der Waals surface area contributed by atoms with Crippen molar-refractivity contribution in [2.75, 3.05) is 13.1 Å². The zero-order valence-corrected chi connectivity index (χ0v) is 6.32. The summed E-state index contributed by atoms with van der Waals surface area (Å²) in [5.74, 6) is 0. The first-order valence-corrected chi connectivity index (χ1v) is 3.81. The van der Waals surface area contributed by atoms with Gasteiger partial charge >= 0.3 is 0 Å². The number of rotatable bonds is 0. The molecule has 0 aromatic heterocycles. The fourth-order valence-electron chi connectivity index (χ4n) is 0.855. The quantitative estimate of drug-likeness (QED) is 0.488. The van der Waals surface area contributed by atoms with Gasteiger partial charge in [0.2, 0.25) is 0 Å². The molecular formula is C6H12N2S. The highest BCUT2D eigenvalue weighted by Gasteiger charge is 1.95. The van der Waals surface area contributed by atoms with Crippen LogP contribution in [0.15, 0.2) is 4.99 Å². The summed E-state index contributed by atoms with van der Waals surface area (Å²) in [6.07, 6.45) is 3.75. The maximum atomic E-state index is 4.15. The van der Waals surface area contributed by atoms with Crippen LogP contribution in [0.25, 0.3) is 0 Å². The molecule has 2 nitrogen and oxygen atoms in total. The molecule has 52 valence electrons. The van der Waals surface area contributed by atoms with E-state index >= 15 is 0 Å². The Balaban J connectivity index is 2.32. The minimum atomic E-state index is 0.801. The molecule has 0 amide bonds. The van der Waals surface area contributed by atoms with Gasteiger partial charge < -0.3 is 5.32 Å². The molecule has 0 aromatic rings. The first-order valence-electron chi connectivity index (χ1n) is 3.37. The minimum absolute atomic E-state index is 0.801. The van der Waals surface area contributed by atoms with E-state index in [4.69, 9.17) is 0 Å². The van der Waals surface area contributed by atoms with Gasteiger partial charge in [0.15, 0.2) is 5.17 Å². The van der Waals surface area contributed by atoms with Crippen LogP contribution in [-0.2, 0) is 0 Å². The molecule has 1 rings (SSSR count). The van der Waals surface area contributed by atoms with Crippen molar-refractivity contribution in [1.29, 1.82) is 0 Å². The Hall–Kier alpha value is -0.180. The van der Waals surface area contributed by atoms with Crippen molar-refractivity contribution in [2.24, 2.45) is 4.99 Å². The van der Waals surface area contributed by atoms with Gasteiger partial charge in [-0.05, 0) is 19.3 Å². The molecule has 0 bridgehead atoms. The molecule has 0 fully saturated rings. The zero-order chi connectivity index (χ0) is 6.53. The lowest BCUT2D eigenvalue weighted by Gasteiger charge is -2.07. The lowest BCUT2D eigenvalue weighted by atomic mass is 10.2. The zero-order valence-electron chi connectivity index (χ0n) is 5.43. The molecule has 0 saturated carbocycles. The first kappa shape index (κ1) is 6.93. The molecule has 1 aliphatic rings. The van der Waals surface area contributed by atoms with E-state index < -0.39 is 0 Å². The van der Waals surface area contributed by atoms with Crippen LogP contribution in [0, 0.1) is 0 Å². The Morgan fingerprint density at radius 1 is 1.33 bits per heavy atom. The van der Waals surface area contributed by atoms with E-state index in [-0.39, 0.29) is 0 Å². The highest BCUT2D eigenvalue weighted by molar-refractivity contribution is 7.96. The molecule has 0 aromatic carbocycles. The van der Waals surface area contributed by atoms with E-state index in [0.717, 1.165) is 18.3 Å². The highest BCUT2D eigenvalue weighted by Crippen LogP contribution is 1.98. The normalized spacial score (nSPS) is 27.0. The van der Waals surface area contributed by atoms with E-state index in [1.54, 1.807) is 0 Å². The molecule has 1 aliphatic heterocycles. The molecule has 0 radical (unpaired) electrons. The average molecular weight is 144 g/mol. The fraction of sp³-hybridized carbons (Fsp3) is 0.833. The smallest absolute Gasteiger partial charge is 0.153 e. The van der Waals surface area contributed by atoms with Crippen LogP contribution in [-0.4, -0.2) is 18.3 Å². The van der Waals surface area contributed by atoms with Crippen LogP contribution < -0.4 is 5.32 Å². The molecule has 3 heteroatoms. The predicted molar refractivity (Wildman–Crippen MR) is 43.1 cm³/mol. The largest absolute Gasteiger partial charge is 0.365 e. The van der Waals surface area contributed by atoms with Crippen molar-refractivity contribution in [2.45, 2.75) is 19.3 Å². The maximum absolute atomic E-state index is 4.15. The Labute approximate surface area is 61.2 Å². The number of aliphatic imine (C=N–C) groups is 1. The molecule has 0 saturated heterocycles. The standard InChI is InChI=1S/C6H12N2S/c9-6-7-4-2-1-3-5-8-6/h1-5H2,(H2,7,8,9). The number of nitrogens with zero attached hydrogens (tertiary/aromatic N) is 1. The van der Waals surface area contributed by atoms with Crippen molar-refractivity contribution in [3.63, 3.8) is 0 Å². The van der Waals surface area contributed by atoms with Crippen LogP contribution >= 0.6 is 12.6 Å². The van der Waals surface area contributed by atoms with E-state index in [9.17, 15) is 0 Å². The maximum Gasteiger partial charge on any atom is 0.153 e.